The summed E-state index contributed by atoms with van der Waals surface area (Å²) in [6.45, 7) is 7.81. The number of amides is 1. The summed E-state index contributed by atoms with van der Waals surface area (Å²) in [4.78, 5) is 28.3. The Hall–Kier alpha value is -3.33. The summed E-state index contributed by atoms with van der Waals surface area (Å²) in [5, 5.41) is 8.83. The Balaban J connectivity index is 1.16. The van der Waals surface area contributed by atoms with Crippen molar-refractivity contribution in [3.63, 3.8) is 0 Å². The van der Waals surface area contributed by atoms with E-state index in [1.807, 2.05) is 47.0 Å². The summed E-state index contributed by atoms with van der Waals surface area (Å²) in [5.74, 6) is 2.75. The van der Waals surface area contributed by atoms with E-state index in [-0.39, 0.29) is 11.8 Å². The van der Waals surface area contributed by atoms with E-state index in [1.54, 1.807) is 12.4 Å². The molecule has 2 fully saturated rings. The van der Waals surface area contributed by atoms with Crippen molar-refractivity contribution in [2.24, 2.45) is 5.92 Å². The molecule has 2 aliphatic heterocycles. The van der Waals surface area contributed by atoms with E-state index in [0.717, 1.165) is 69.6 Å². The molecular weight excluding hydrogens is 416 g/mol. The standard InChI is InChI=1S/C24H30N8O/c1-19-26-9-11-32(19)23-7-6-22(27-28-23)31-10-3-5-21(18-31)24(33)30-14-12-29(13-15-30)17-20-4-2-8-25-16-20/h2,4,6-9,11,16,21H,3,5,10,12-15,17-18H2,1H3. The van der Waals surface area contributed by atoms with Crippen LogP contribution < -0.4 is 4.90 Å². The van der Waals surface area contributed by atoms with Crippen LogP contribution in [0.3, 0.4) is 0 Å². The lowest BCUT2D eigenvalue weighted by molar-refractivity contribution is -0.137. The lowest BCUT2D eigenvalue weighted by Crippen LogP contribution is -2.52. The largest absolute Gasteiger partial charge is 0.354 e. The van der Waals surface area contributed by atoms with Crippen molar-refractivity contribution in [2.75, 3.05) is 44.2 Å². The Kier molecular flexibility index (Phi) is 6.30. The van der Waals surface area contributed by atoms with E-state index in [4.69, 9.17) is 0 Å². The zero-order valence-corrected chi connectivity index (χ0v) is 19.0. The molecule has 0 saturated carbocycles. The highest BCUT2D eigenvalue weighted by Crippen LogP contribution is 2.24. The van der Waals surface area contributed by atoms with Gasteiger partial charge in [0.25, 0.3) is 0 Å². The van der Waals surface area contributed by atoms with Crippen LogP contribution in [0.4, 0.5) is 5.82 Å². The number of imidazole rings is 1. The molecule has 0 bridgehead atoms. The number of aromatic nitrogens is 5. The second-order valence-corrected chi connectivity index (χ2v) is 8.84. The highest BCUT2D eigenvalue weighted by atomic mass is 16.2. The van der Waals surface area contributed by atoms with E-state index >= 15 is 0 Å². The summed E-state index contributed by atoms with van der Waals surface area (Å²) in [6.07, 6.45) is 9.27. The SMILES string of the molecule is Cc1nccn1-c1ccc(N2CCCC(C(=O)N3CCN(Cc4cccnc4)CC3)C2)nn1. The molecule has 1 atom stereocenters. The first-order valence-electron chi connectivity index (χ1n) is 11.7. The maximum atomic E-state index is 13.3. The molecule has 9 heteroatoms. The van der Waals surface area contributed by atoms with Gasteiger partial charge in [-0.1, -0.05) is 6.07 Å². The third kappa shape index (κ3) is 4.88. The molecule has 3 aromatic rings. The molecule has 0 spiro atoms. The molecule has 5 rings (SSSR count). The number of pyridine rings is 1. The van der Waals surface area contributed by atoms with Crippen LogP contribution in [0.15, 0.2) is 49.1 Å². The fourth-order valence-electron chi connectivity index (χ4n) is 4.76. The minimum absolute atomic E-state index is 0.0148. The first-order chi connectivity index (χ1) is 16.2. The van der Waals surface area contributed by atoms with Gasteiger partial charge < -0.3 is 9.80 Å². The average molecular weight is 447 g/mol. The third-order valence-corrected chi connectivity index (χ3v) is 6.62. The number of hydrogen-bond donors (Lipinski definition) is 0. The Labute approximate surface area is 194 Å². The van der Waals surface area contributed by atoms with Gasteiger partial charge in [0.05, 0.1) is 5.92 Å². The van der Waals surface area contributed by atoms with Gasteiger partial charge in [-0.2, -0.15) is 0 Å². The van der Waals surface area contributed by atoms with Crippen LogP contribution in [0.25, 0.3) is 5.82 Å². The molecule has 2 aliphatic rings. The van der Waals surface area contributed by atoms with Gasteiger partial charge in [0.1, 0.15) is 5.82 Å². The number of anilines is 1. The quantitative estimate of drug-likeness (QED) is 0.592. The van der Waals surface area contributed by atoms with Crippen LogP contribution in [0.5, 0.6) is 0 Å². The van der Waals surface area contributed by atoms with E-state index in [9.17, 15) is 4.79 Å². The number of carbonyl (C=O) groups is 1. The molecule has 0 N–H and O–H groups in total. The normalized spacial score (nSPS) is 19.6. The molecule has 0 aliphatic carbocycles. The van der Waals surface area contributed by atoms with Crippen LogP contribution in [0, 0.1) is 12.8 Å². The van der Waals surface area contributed by atoms with Gasteiger partial charge in [0.2, 0.25) is 5.91 Å². The zero-order valence-electron chi connectivity index (χ0n) is 19.0. The maximum absolute atomic E-state index is 13.3. The third-order valence-electron chi connectivity index (χ3n) is 6.62. The smallest absolute Gasteiger partial charge is 0.227 e. The molecule has 33 heavy (non-hydrogen) atoms. The lowest BCUT2D eigenvalue weighted by Gasteiger charge is -2.39. The first kappa shape index (κ1) is 21.5. The number of aryl methyl sites for hydroxylation is 1. The van der Waals surface area contributed by atoms with E-state index < -0.39 is 0 Å². The topological polar surface area (TPSA) is 83.3 Å². The summed E-state index contributed by atoms with van der Waals surface area (Å²) >= 11 is 0. The Morgan fingerprint density at radius 3 is 2.55 bits per heavy atom. The van der Waals surface area contributed by atoms with E-state index in [2.05, 4.69) is 36.0 Å². The molecule has 2 saturated heterocycles. The fourth-order valence-corrected chi connectivity index (χ4v) is 4.76. The highest BCUT2D eigenvalue weighted by molar-refractivity contribution is 5.80. The second-order valence-electron chi connectivity index (χ2n) is 8.84. The summed E-state index contributed by atoms with van der Waals surface area (Å²) in [7, 11) is 0. The van der Waals surface area contributed by atoms with Crippen molar-refractivity contribution >= 4 is 11.7 Å². The number of nitrogens with zero attached hydrogens (tertiary/aromatic N) is 8. The number of hydrogen-bond acceptors (Lipinski definition) is 7. The van der Waals surface area contributed by atoms with Crippen molar-refractivity contribution in [1.29, 1.82) is 0 Å². The van der Waals surface area contributed by atoms with Crippen LogP contribution >= 0.6 is 0 Å². The molecule has 172 valence electrons. The molecule has 9 nitrogen and oxygen atoms in total. The lowest BCUT2D eigenvalue weighted by atomic mass is 9.96. The van der Waals surface area contributed by atoms with Crippen LogP contribution in [0.2, 0.25) is 0 Å². The molecule has 0 aromatic carbocycles. The summed E-state index contributed by atoms with van der Waals surface area (Å²) in [5.41, 5.74) is 1.22. The first-order valence-corrected chi connectivity index (χ1v) is 11.7. The summed E-state index contributed by atoms with van der Waals surface area (Å²) < 4.78 is 1.91. The van der Waals surface area contributed by atoms with E-state index in [0.29, 0.717) is 6.54 Å². The van der Waals surface area contributed by atoms with Gasteiger partial charge in [-0.15, -0.1) is 10.2 Å². The molecule has 1 amide bonds. The van der Waals surface area contributed by atoms with Gasteiger partial charge in [-0.3, -0.25) is 19.2 Å². The predicted molar refractivity (Wildman–Crippen MR) is 125 cm³/mol. The minimum atomic E-state index is 0.0148. The number of rotatable bonds is 5. The summed E-state index contributed by atoms with van der Waals surface area (Å²) in [6, 6.07) is 8.03. The van der Waals surface area contributed by atoms with E-state index in [1.165, 1.54) is 5.56 Å². The molecule has 1 unspecified atom stereocenters. The molecule has 5 heterocycles. The van der Waals surface area contributed by atoms with Crippen molar-refractivity contribution in [3.8, 4) is 5.82 Å². The number of piperazine rings is 1. The van der Waals surface area contributed by atoms with Gasteiger partial charge in [-0.25, -0.2) is 4.98 Å². The fraction of sp³-hybridized carbons (Fsp3) is 0.458. The zero-order chi connectivity index (χ0) is 22.6. The van der Waals surface area contributed by atoms with Gasteiger partial charge in [-0.05, 0) is 43.5 Å². The average Bonchev–Trinajstić information content (AvgIpc) is 3.31. The molecular formula is C24H30N8O. The second kappa shape index (κ2) is 9.66. The van der Waals surface area contributed by atoms with Gasteiger partial charge in [0.15, 0.2) is 11.6 Å². The number of carbonyl (C=O) groups excluding carboxylic acids is 1. The number of piperidine rings is 1. The highest BCUT2D eigenvalue weighted by Gasteiger charge is 2.31. The van der Waals surface area contributed by atoms with Crippen LogP contribution in [-0.4, -0.2) is 79.7 Å². The minimum Gasteiger partial charge on any atom is -0.354 e. The molecule has 3 aromatic heterocycles. The predicted octanol–water partition coefficient (Wildman–Crippen LogP) is 1.93. The van der Waals surface area contributed by atoms with Crippen LogP contribution in [0.1, 0.15) is 24.2 Å². The monoisotopic (exact) mass is 446 g/mol. The molecule has 0 radical (unpaired) electrons. The Bertz CT molecular complexity index is 1060. The van der Waals surface area contributed by atoms with Gasteiger partial charge >= 0.3 is 0 Å². The Morgan fingerprint density at radius 1 is 1.03 bits per heavy atom. The van der Waals surface area contributed by atoms with Crippen molar-refractivity contribution in [3.05, 3.63) is 60.4 Å². The van der Waals surface area contributed by atoms with Crippen molar-refractivity contribution in [2.45, 2.75) is 26.3 Å². The van der Waals surface area contributed by atoms with Gasteiger partial charge in [0, 0.05) is 70.6 Å². The van der Waals surface area contributed by atoms with Crippen LogP contribution in [-0.2, 0) is 11.3 Å². The Morgan fingerprint density at radius 2 is 1.85 bits per heavy atom. The van der Waals surface area contributed by atoms with Crippen molar-refractivity contribution < 1.29 is 4.79 Å². The van der Waals surface area contributed by atoms with Crippen molar-refractivity contribution in [1.82, 2.24) is 34.5 Å². The maximum Gasteiger partial charge on any atom is 0.227 e.